The molecular formula is C74H144O17P2. The molecule has 0 heterocycles. The normalized spacial score (nSPS) is 14.3. The van der Waals surface area contributed by atoms with Gasteiger partial charge in [-0.15, -0.1) is 0 Å². The van der Waals surface area contributed by atoms with Crippen molar-refractivity contribution in [1.82, 2.24) is 0 Å². The topological polar surface area (TPSA) is 237 Å². The van der Waals surface area contributed by atoms with Crippen molar-refractivity contribution in [3.63, 3.8) is 0 Å². The lowest BCUT2D eigenvalue weighted by Gasteiger charge is -2.21. The van der Waals surface area contributed by atoms with Crippen LogP contribution in [0.1, 0.15) is 382 Å². The van der Waals surface area contributed by atoms with Crippen LogP contribution in [0.5, 0.6) is 0 Å². The van der Waals surface area contributed by atoms with Crippen molar-refractivity contribution >= 4 is 39.5 Å². The molecule has 0 amide bonds. The first-order valence-corrected chi connectivity index (χ1v) is 41.5. The van der Waals surface area contributed by atoms with Crippen molar-refractivity contribution in [2.45, 2.75) is 400 Å². The van der Waals surface area contributed by atoms with Crippen molar-refractivity contribution in [3.8, 4) is 0 Å². The van der Waals surface area contributed by atoms with Gasteiger partial charge in [-0.05, 0) is 37.5 Å². The Morgan fingerprint density at radius 1 is 0.312 bits per heavy atom. The van der Waals surface area contributed by atoms with Gasteiger partial charge in [0, 0.05) is 25.7 Å². The first kappa shape index (κ1) is 91.1. The summed E-state index contributed by atoms with van der Waals surface area (Å²) in [5.74, 6) is -0.512. The van der Waals surface area contributed by atoms with Crippen molar-refractivity contribution in [3.05, 3.63) is 0 Å². The Kier molecular flexibility index (Phi) is 64.6. The summed E-state index contributed by atoms with van der Waals surface area (Å²) in [5.41, 5.74) is 0. The highest BCUT2D eigenvalue weighted by Gasteiger charge is 2.30. The third-order valence-electron chi connectivity index (χ3n) is 17.6. The number of aliphatic hydroxyl groups excluding tert-OH is 1. The summed E-state index contributed by atoms with van der Waals surface area (Å²) >= 11 is 0. The summed E-state index contributed by atoms with van der Waals surface area (Å²) in [4.78, 5) is 72.7. The van der Waals surface area contributed by atoms with Gasteiger partial charge in [0.2, 0.25) is 0 Å². The monoisotopic (exact) mass is 1370 g/mol. The van der Waals surface area contributed by atoms with Crippen LogP contribution < -0.4 is 0 Å². The molecule has 0 aromatic carbocycles. The molecule has 0 aliphatic rings. The fourth-order valence-corrected chi connectivity index (χ4v) is 12.8. The lowest BCUT2D eigenvalue weighted by Crippen LogP contribution is -2.30. The minimum Gasteiger partial charge on any atom is -0.462 e. The van der Waals surface area contributed by atoms with Crippen LogP contribution in [0.15, 0.2) is 0 Å². The minimum absolute atomic E-state index is 0.107. The number of hydrogen-bond acceptors (Lipinski definition) is 15. The third kappa shape index (κ3) is 67.0. The zero-order valence-electron chi connectivity index (χ0n) is 60.6. The van der Waals surface area contributed by atoms with Crippen LogP contribution in [0, 0.1) is 11.8 Å². The van der Waals surface area contributed by atoms with Crippen LogP contribution in [0.3, 0.4) is 0 Å². The average Bonchev–Trinajstić information content (AvgIpc) is 2.87. The summed E-state index contributed by atoms with van der Waals surface area (Å²) < 4.78 is 68.4. The predicted molar refractivity (Wildman–Crippen MR) is 377 cm³/mol. The molecule has 93 heavy (non-hydrogen) atoms. The van der Waals surface area contributed by atoms with Crippen LogP contribution in [-0.4, -0.2) is 96.7 Å². The van der Waals surface area contributed by atoms with E-state index in [-0.39, 0.29) is 25.7 Å². The van der Waals surface area contributed by atoms with Crippen molar-refractivity contribution in [1.29, 1.82) is 0 Å². The van der Waals surface area contributed by atoms with Crippen LogP contribution >= 0.6 is 15.6 Å². The SMILES string of the molecule is CCCCCCCCCCCCCCC(=O)O[C@H](COC(=O)CCCCCCCCCCCC)COP(=O)(O)OC[C@H](O)COP(=O)(O)OC[C@@H](COC(=O)CCCCCCCCCCCCC(C)CC)OC(=O)CCCCCCCCCCCCCCCCC(C)C. The Balaban J connectivity index is 5.25. The molecule has 0 aliphatic carbocycles. The molecule has 0 saturated heterocycles. The molecule has 3 unspecified atom stereocenters. The van der Waals surface area contributed by atoms with E-state index in [0.717, 1.165) is 102 Å². The summed E-state index contributed by atoms with van der Waals surface area (Å²) in [5, 5.41) is 10.6. The molecule has 552 valence electrons. The van der Waals surface area contributed by atoms with Crippen LogP contribution in [0.2, 0.25) is 0 Å². The molecule has 0 rings (SSSR count). The second kappa shape index (κ2) is 66.0. The molecule has 3 N–H and O–H groups in total. The van der Waals surface area contributed by atoms with E-state index in [0.29, 0.717) is 25.7 Å². The van der Waals surface area contributed by atoms with Gasteiger partial charge in [0.05, 0.1) is 26.4 Å². The maximum Gasteiger partial charge on any atom is 0.472 e. The van der Waals surface area contributed by atoms with Crippen molar-refractivity contribution < 1.29 is 80.2 Å². The molecule has 0 aliphatic heterocycles. The number of carbonyl (C=O) groups is 4. The number of unbranched alkanes of at least 4 members (excludes halogenated alkanes) is 42. The maximum absolute atomic E-state index is 13.1. The number of phosphoric acid groups is 2. The summed E-state index contributed by atoms with van der Waals surface area (Å²) in [7, 11) is -9.91. The van der Waals surface area contributed by atoms with Crippen LogP contribution in [0.25, 0.3) is 0 Å². The quantitative estimate of drug-likeness (QED) is 0.0222. The lowest BCUT2D eigenvalue weighted by atomic mass is 9.99. The van der Waals surface area contributed by atoms with E-state index in [4.69, 9.17) is 37.0 Å². The molecule has 0 spiro atoms. The Morgan fingerprint density at radius 2 is 0.548 bits per heavy atom. The number of esters is 4. The van der Waals surface area contributed by atoms with E-state index in [1.54, 1.807) is 0 Å². The van der Waals surface area contributed by atoms with Gasteiger partial charge >= 0.3 is 39.5 Å². The number of phosphoric ester groups is 2. The number of ether oxygens (including phenoxy) is 4. The van der Waals surface area contributed by atoms with E-state index >= 15 is 0 Å². The highest BCUT2D eigenvalue weighted by molar-refractivity contribution is 7.47. The third-order valence-corrected chi connectivity index (χ3v) is 19.5. The van der Waals surface area contributed by atoms with Crippen molar-refractivity contribution in [2.24, 2.45) is 11.8 Å². The van der Waals surface area contributed by atoms with Crippen LogP contribution in [0.4, 0.5) is 0 Å². The van der Waals surface area contributed by atoms with Gasteiger partial charge in [0.25, 0.3) is 0 Å². The van der Waals surface area contributed by atoms with E-state index < -0.39 is 97.5 Å². The molecule has 0 fully saturated rings. The van der Waals surface area contributed by atoms with Gasteiger partial charge < -0.3 is 33.8 Å². The number of carbonyl (C=O) groups excluding carboxylic acids is 4. The summed E-state index contributed by atoms with van der Waals surface area (Å²) in [6.07, 6.45) is 52.5. The molecule has 19 heteroatoms. The average molecular weight is 1370 g/mol. The molecule has 0 radical (unpaired) electrons. The van der Waals surface area contributed by atoms with E-state index in [2.05, 4.69) is 41.5 Å². The van der Waals surface area contributed by atoms with Gasteiger partial charge in [-0.3, -0.25) is 37.3 Å². The Hall–Kier alpha value is -1.94. The van der Waals surface area contributed by atoms with E-state index in [9.17, 15) is 43.2 Å². The van der Waals surface area contributed by atoms with E-state index in [1.807, 2.05) is 0 Å². The fourth-order valence-electron chi connectivity index (χ4n) is 11.3. The first-order valence-electron chi connectivity index (χ1n) is 38.5. The van der Waals surface area contributed by atoms with E-state index in [1.165, 1.54) is 199 Å². The van der Waals surface area contributed by atoms with Gasteiger partial charge in [-0.25, -0.2) is 9.13 Å². The van der Waals surface area contributed by atoms with Crippen molar-refractivity contribution in [2.75, 3.05) is 39.6 Å². The van der Waals surface area contributed by atoms with Gasteiger partial charge in [-0.1, -0.05) is 330 Å². The largest absolute Gasteiger partial charge is 0.472 e. The summed E-state index contributed by atoms with van der Waals surface area (Å²) in [6, 6.07) is 0. The highest BCUT2D eigenvalue weighted by Crippen LogP contribution is 2.45. The molecule has 0 aromatic heterocycles. The van der Waals surface area contributed by atoms with Crippen LogP contribution in [-0.2, 0) is 65.4 Å². The summed E-state index contributed by atoms with van der Waals surface area (Å²) in [6.45, 7) is 9.63. The number of hydrogen-bond donors (Lipinski definition) is 3. The molecular weight excluding hydrogens is 1220 g/mol. The second-order valence-corrected chi connectivity index (χ2v) is 30.3. The number of aliphatic hydroxyl groups is 1. The minimum atomic E-state index is -4.96. The molecule has 0 aromatic rings. The smallest absolute Gasteiger partial charge is 0.462 e. The zero-order chi connectivity index (χ0) is 68.6. The molecule has 6 atom stereocenters. The lowest BCUT2D eigenvalue weighted by molar-refractivity contribution is -0.161. The highest BCUT2D eigenvalue weighted by atomic mass is 31.2. The first-order chi connectivity index (χ1) is 44.9. The Bertz CT molecular complexity index is 1810. The maximum atomic E-state index is 13.1. The fraction of sp³-hybridized carbons (Fsp3) is 0.946. The Labute approximate surface area is 568 Å². The standard InChI is InChI=1S/C74H144O17P2/c1-7-10-12-14-16-18-20-26-34-40-46-52-58-73(78)90-69(62-84-71(76)56-50-44-38-32-19-17-15-13-11-8-2)64-88-92(80,81)86-60-68(75)61-87-93(82,83)89-65-70(63-85-72(77)57-51-45-39-33-29-28-31-37-43-49-55-67(6)9-3)91-74(79)59-53-47-41-35-27-24-22-21-23-25-30-36-42-48-54-66(4)5/h66-70,75H,7-65H2,1-6H3,(H,80,81)(H,82,83)/t67?,68-,69+,70+/m0/s1. The molecule has 17 nitrogen and oxygen atoms in total. The van der Waals surface area contributed by atoms with Gasteiger partial charge in [0.1, 0.15) is 19.3 Å². The zero-order valence-corrected chi connectivity index (χ0v) is 62.3. The molecule has 0 saturated carbocycles. The molecule has 0 bridgehead atoms. The Morgan fingerprint density at radius 3 is 0.817 bits per heavy atom. The second-order valence-electron chi connectivity index (χ2n) is 27.4. The number of rotatable bonds is 73. The predicted octanol–water partition coefficient (Wildman–Crippen LogP) is 21.6. The van der Waals surface area contributed by atoms with Gasteiger partial charge in [0.15, 0.2) is 12.2 Å². The van der Waals surface area contributed by atoms with Gasteiger partial charge in [-0.2, -0.15) is 0 Å².